The van der Waals surface area contributed by atoms with Gasteiger partial charge in [0.25, 0.3) is 0 Å². The Bertz CT molecular complexity index is 956. The fourth-order valence-corrected chi connectivity index (χ4v) is 2.70. The van der Waals surface area contributed by atoms with Crippen molar-refractivity contribution in [2.24, 2.45) is 0 Å². The van der Waals surface area contributed by atoms with Gasteiger partial charge in [-0.25, -0.2) is 4.79 Å². The lowest BCUT2D eigenvalue weighted by atomic mass is 10.1. The number of rotatable bonds is 5. The summed E-state index contributed by atoms with van der Waals surface area (Å²) in [4.78, 5) is 12.3. The molecule has 138 valence electrons. The molecule has 3 aromatic rings. The van der Waals surface area contributed by atoms with Crippen LogP contribution >= 0.6 is 0 Å². The molecular weight excluding hydrogens is 336 g/mol. The Balaban J connectivity index is 1.60. The minimum Gasteiger partial charge on any atom is -0.489 e. The van der Waals surface area contributed by atoms with E-state index in [1.807, 2.05) is 38.1 Å². The van der Waals surface area contributed by atoms with Crippen molar-refractivity contribution in [3.63, 3.8) is 0 Å². The van der Waals surface area contributed by atoms with Gasteiger partial charge in [-0.1, -0.05) is 24.3 Å². The normalized spacial score (nSPS) is 10.5. The van der Waals surface area contributed by atoms with Gasteiger partial charge >= 0.3 is 5.97 Å². The number of carbonyl (C=O) groups excluding carboxylic acids is 1. The van der Waals surface area contributed by atoms with E-state index in [1.165, 1.54) is 11.1 Å². The van der Waals surface area contributed by atoms with E-state index in [0.29, 0.717) is 17.9 Å². The molecule has 0 bridgehead atoms. The van der Waals surface area contributed by atoms with Crippen molar-refractivity contribution in [3.8, 4) is 11.5 Å². The highest BCUT2D eigenvalue weighted by Crippen LogP contribution is 2.21. The molecule has 0 fully saturated rings. The first-order valence-corrected chi connectivity index (χ1v) is 9.01. The maximum absolute atomic E-state index is 12.3. The molecule has 0 heterocycles. The minimum absolute atomic E-state index is 0.359. The first-order valence-electron chi connectivity index (χ1n) is 9.01. The highest BCUT2D eigenvalue weighted by Gasteiger charge is 2.10. The molecule has 0 radical (unpaired) electrons. The summed E-state index contributed by atoms with van der Waals surface area (Å²) in [6.07, 6.45) is 0. The van der Waals surface area contributed by atoms with Crippen LogP contribution in [0.15, 0.2) is 60.7 Å². The monoisotopic (exact) mass is 360 g/mol. The van der Waals surface area contributed by atoms with E-state index < -0.39 is 0 Å². The van der Waals surface area contributed by atoms with Crippen molar-refractivity contribution in [3.05, 3.63) is 94.0 Å². The fraction of sp³-hybridized carbons (Fsp3) is 0.208. The SMILES string of the molecule is Cc1ccc(COc2ccc(OC(=O)c3ccc(C)c(C)c3)cc2)cc1C. The van der Waals surface area contributed by atoms with Gasteiger partial charge in [0, 0.05) is 0 Å². The molecule has 3 nitrogen and oxygen atoms in total. The molecule has 0 unspecified atom stereocenters. The van der Waals surface area contributed by atoms with Crippen molar-refractivity contribution in [2.75, 3.05) is 0 Å². The second-order valence-corrected chi connectivity index (χ2v) is 6.87. The van der Waals surface area contributed by atoms with Crippen LogP contribution in [0.1, 0.15) is 38.2 Å². The summed E-state index contributed by atoms with van der Waals surface area (Å²) in [7, 11) is 0. The highest BCUT2D eigenvalue weighted by molar-refractivity contribution is 5.91. The van der Waals surface area contributed by atoms with Gasteiger partial charge in [0.05, 0.1) is 5.56 Å². The van der Waals surface area contributed by atoms with E-state index in [0.717, 1.165) is 22.4 Å². The molecule has 0 amide bonds. The summed E-state index contributed by atoms with van der Waals surface area (Å²) in [6, 6.07) is 19.0. The van der Waals surface area contributed by atoms with Crippen LogP contribution in [-0.2, 0) is 6.61 Å². The fourth-order valence-electron chi connectivity index (χ4n) is 2.70. The summed E-state index contributed by atoms with van der Waals surface area (Å²) in [5.74, 6) is 0.873. The quantitative estimate of drug-likeness (QED) is 0.431. The third-order valence-corrected chi connectivity index (χ3v) is 4.75. The molecule has 0 aliphatic carbocycles. The topological polar surface area (TPSA) is 35.5 Å². The van der Waals surface area contributed by atoms with Crippen LogP contribution in [0.4, 0.5) is 0 Å². The second kappa shape index (κ2) is 8.09. The number of ether oxygens (including phenoxy) is 2. The molecule has 0 aliphatic heterocycles. The predicted molar refractivity (Wildman–Crippen MR) is 108 cm³/mol. The molecule has 3 aromatic carbocycles. The van der Waals surface area contributed by atoms with Crippen LogP contribution in [0.5, 0.6) is 11.5 Å². The number of benzene rings is 3. The summed E-state index contributed by atoms with van der Waals surface area (Å²) in [6.45, 7) is 8.69. The van der Waals surface area contributed by atoms with E-state index in [1.54, 1.807) is 18.2 Å². The number of hydrogen-bond acceptors (Lipinski definition) is 3. The minimum atomic E-state index is -0.359. The molecule has 3 heteroatoms. The molecule has 0 aromatic heterocycles. The zero-order valence-electron chi connectivity index (χ0n) is 16.2. The van der Waals surface area contributed by atoms with Crippen molar-refractivity contribution in [1.82, 2.24) is 0 Å². The van der Waals surface area contributed by atoms with E-state index in [-0.39, 0.29) is 5.97 Å². The molecule has 0 spiro atoms. The molecule has 0 atom stereocenters. The molecule has 0 saturated carbocycles. The Kier molecular flexibility index (Phi) is 5.60. The molecule has 0 saturated heterocycles. The van der Waals surface area contributed by atoms with Crippen LogP contribution in [0.3, 0.4) is 0 Å². The number of carbonyl (C=O) groups is 1. The van der Waals surface area contributed by atoms with Crippen molar-refractivity contribution in [1.29, 1.82) is 0 Å². The van der Waals surface area contributed by atoms with Crippen LogP contribution in [-0.4, -0.2) is 5.97 Å². The third-order valence-electron chi connectivity index (χ3n) is 4.75. The van der Waals surface area contributed by atoms with E-state index in [4.69, 9.17) is 9.47 Å². The van der Waals surface area contributed by atoms with E-state index >= 15 is 0 Å². The Morgan fingerprint density at radius 3 is 1.93 bits per heavy atom. The summed E-state index contributed by atoms with van der Waals surface area (Å²) >= 11 is 0. The van der Waals surface area contributed by atoms with Gasteiger partial charge in [0.15, 0.2) is 0 Å². The second-order valence-electron chi connectivity index (χ2n) is 6.87. The van der Waals surface area contributed by atoms with Crippen molar-refractivity contribution >= 4 is 5.97 Å². The highest BCUT2D eigenvalue weighted by atomic mass is 16.5. The Morgan fingerprint density at radius 1 is 0.704 bits per heavy atom. The Morgan fingerprint density at radius 2 is 1.30 bits per heavy atom. The van der Waals surface area contributed by atoms with E-state index in [2.05, 4.69) is 32.0 Å². The largest absolute Gasteiger partial charge is 0.489 e. The molecule has 3 rings (SSSR count). The zero-order chi connectivity index (χ0) is 19.4. The van der Waals surface area contributed by atoms with Crippen LogP contribution in [0.25, 0.3) is 0 Å². The zero-order valence-corrected chi connectivity index (χ0v) is 16.2. The lowest BCUT2D eigenvalue weighted by Crippen LogP contribution is -2.08. The van der Waals surface area contributed by atoms with Gasteiger partial charge in [-0.3, -0.25) is 0 Å². The van der Waals surface area contributed by atoms with Gasteiger partial charge in [0.1, 0.15) is 18.1 Å². The maximum Gasteiger partial charge on any atom is 0.343 e. The number of aryl methyl sites for hydroxylation is 4. The van der Waals surface area contributed by atoms with Crippen LogP contribution < -0.4 is 9.47 Å². The van der Waals surface area contributed by atoms with Gasteiger partial charge in [-0.15, -0.1) is 0 Å². The maximum atomic E-state index is 12.3. The summed E-state index contributed by atoms with van der Waals surface area (Å²) in [5, 5.41) is 0. The van der Waals surface area contributed by atoms with Gasteiger partial charge < -0.3 is 9.47 Å². The summed E-state index contributed by atoms with van der Waals surface area (Å²) < 4.78 is 11.3. The van der Waals surface area contributed by atoms with Gasteiger partial charge in [-0.2, -0.15) is 0 Å². The molecule has 0 N–H and O–H groups in total. The number of esters is 1. The average molecular weight is 360 g/mol. The van der Waals surface area contributed by atoms with E-state index in [9.17, 15) is 4.79 Å². The standard InChI is InChI=1S/C24H24O3/c1-16-5-7-20(13-18(16)3)15-26-22-9-11-23(12-10-22)27-24(25)21-8-6-17(2)19(4)14-21/h5-14H,15H2,1-4H3. The Hall–Kier alpha value is -3.07. The third kappa shape index (κ3) is 4.76. The van der Waals surface area contributed by atoms with Crippen LogP contribution in [0.2, 0.25) is 0 Å². The molecule has 0 aliphatic rings. The van der Waals surface area contributed by atoms with Gasteiger partial charge in [0.2, 0.25) is 0 Å². The Labute approximate surface area is 160 Å². The molecular formula is C24H24O3. The average Bonchev–Trinajstić information content (AvgIpc) is 2.66. The first-order chi connectivity index (χ1) is 12.9. The summed E-state index contributed by atoms with van der Waals surface area (Å²) in [5.41, 5.74) is 6.42. The van der Waals surface area contributed by atoms with Gasteiger partial charge in [-0.05, 0) is 91.9 Å². The lowest BCUT2D eigenvalue weighted by molar-refractivity contribution is 0.0734. The number of hydrogen-bond donors (Lipinski definition) is 0. The predicted octanol–water partition coefficient (Wildman–Crippen LogP) is 5.72. The lowest BCUT2D eigenvalue weighted by Gasteiger charge is -2.10. The van der Waals surface area contributed by atoms with Crippen LogP contribution in [0, 0.1) is 27.7 Å². The molecule has 27 heavy (non-hydrogen) atoms. The van der Waals surface area contributed by atoms with Crippen molar-refractivity contribution < 1.29 is 14.3 Å². The smallest absolute Gasteiger partial charge is 0.343 e. The van der Waals surface area contributed by atoms with Crippen molar-refractivity contribution in [2.45, 2.75) is 34.3 Å². The first kappa shape index (κ1) is 18.7.